The lowest BCUT2D eigenvalue weighted by Gasteiger charge is -2.37. The molecule has 6 heteroatoms. The van der Waals surface area contributed by atoms with E-state index in [-0.39, 0.29) is 17.9 Å². The minimum Gasteiger partial charge on any atom is -0.345 e. The molecule has 0 aromatic heterocycles. The first-order valence-corrected chi connectivity index (χ1v) is 8.94. The molecule has 0 spiro atoms. The Kier molecular flexibility index (Phi) is 5.59. The van der Waals surface area contributed by atoms with Gasteiger partial charge in [0.15, 0.2) is 0 Å². The second-order valence-electron chi connectivity index (χ2n) is 6.52. The highest BCUT2D eigenvalue weighted by Crippen LogP contribution is 2.29. The predicted octanol–water partition coefficient (Wildman–Crippen LogP) is 2.83. The summed E-state index contributed by atoms with van der Waals surface area (Å²) < 4.78 is 0. The summed E-state index contributed by atoms with van der Waals surface area (Å²) in [6.45, 7) is 2.00. The zero-order chi connectivity index (χ0) is 18.7. The topological polar surface area (TPSA) is 52.7 Å². The number of piperazine rings is 1. The van der Waals surface area contributed by atoms with Crippen LogP contribution in [-0.4, -0.2) is 55.3 Å². The fourth-order valence-corrected chi connectivity index (χ4v) is 3.41. The van der Waals surface area contributed by atoms with Gasteiger partial charge in [-0.2, -0.15) is 0 Å². The van der Waals surface area contributed by atoms with Crippen LogP contribution in [0.2, 0.25) is 5.02 Å². The first-order valence-electron chi connectivity index (χ1n) is 8.57. The van der Waals surface area contributed by atoms with Crippen LogP contribution in [0.1, 0.15) is 32.3 Å². The van der Waals surface area contributed by atoms with Crippen molar-refractivity contribution in [1.82, 2.24) is 15.1 Å². The molecule has 0 aliphatic carbocycles. The van der Waals surface area contributed by atoms with Crippen LogP contribution in [0.5, 0.6) is 0 Å². The molecule has 1 fully saturated rings. The van der Waals surface area contributed by atoms with Crippen LogP contribution in [0.25, 0.3) is 0 Å². The van der Waals surface area contributed by atoms with Crippen LogP contribution in [0.15, 0.2) is 48.5 Å². The molecule has 2 aromatic rings. The number of hydrogen-bond donors (Lipinski definition) is 1. The van der Waals surface area contributed by atoms with Gasteiger partial charge in [-0.15, -0.1) is 0 Å². The predicted molar refractivity (Wildman–Crippen MR) is 103 cm³/mol. The van der Waals surface area contributed by atoms with Gasteiger partial charge in [0, 0.05) is 49.9 Å². The summed E-state index contributed by atoms with van der Waals surface area (Å²) >= 11 is 6.35. The van der Waals surface area contributed by atoms with Gasteiger partial charge in [-0.05, 0) is 35.9 Å². The van der Waals surface area contributed by atoms with Crippen LogP contribution >= 0.6 is 11.6 Å². The van der Waals surface area contributed by atoms with Crippen molar-refractivity contribution in [3.63, 3.8) is 0 Å². The van der Waals surface area contributed by atoms with E-state index in [0.29, 0.717) is 29.2 Å². The Hall–Kier alpha value is -2.37. The summed E-state index contributed by atoms with van der Waals surface area (Å²) in [5, 5.41) is 3.99. The van der Waals surface area contributed by atoms with E-state index in [1.807, 2.05) is 29.2 Å². The van der Waals surface area contributed by atoms with E-state index in [0.717, 1.165) is 12.1 Å². The lowest BCUT2D eigenvalue weighted by molar-refractivity contribution is 0.0634. The highest BCUT2D eigenvalue weighted by atomic mass is 35.5. The fraction of sp³-hybridized carbons (Fsp3) is 0.300. The second-order valence-corrected chi connectivity index (χ2v) is 6.92. The Bertz CT molecular complexity index is 805. The normalized spacial score (nSPS) is 17.0. The monoisotopic (exact) mass is 371 g/mol. The van der Waals surface area contributed by atoms with Gasteiger partial charge < -0.3 is 15.1 Å². The van der Waals surface area contributed by atoms with Crippen molar-refractivity contribution in [3.8, 4) is 0 Å². The summed E-state index contributed by atoms with van der Waals surface area (Å²) in [7, 11) is 3.41. The molecule has 0 saturated carbocycles. The molecule has 26 heavy (non-hydrogen) atoms. The molecule has 1 heterocycles. The maximum atomic E-state index is 13.1. The van der Waals surface area contributed by atoms with E-state index >= 15 is 0 Å². The van der Waals surface area contributed by atoms with Gasteiger partial charge >= 0.3 is 0 Å². The highest BCUT2D eigenvalue weighted by Gasteiger charge is 2.29. The number of carbonyl (C=O) groups is 2. The first-order chi connectivity index (χ1) is 12.5. The van der Waals surface area contributed by atoms with Gasteiger partial charge in [-0.3, -0.25) is 9.59 Å². The number of halogens is 1. The fourth-order valence-electron chi connectivity index (χ4n) is 3.15. The van der Waals surface area contributed by atoms with E-state index in [4.69, 9.17) is 11.6 Å². The molecule has 1 aliphatic rings. The molecule has 5 nitrogen and oxygen atoms in total. The molecule has 1 saturated heterocycles. The number of nitrogens with one attached hydrogen (secondary N) is 1. The minimum absolute atomic E-state index is 0.0553. The van der Waals surface area contributed by atoms with Gasteiger partial charge in [-0.25, -0.2) is 0 Å². The van der Waals surface area contributed by atoms with Gasteiger partial charge in [-0.1, -0.05) is 29.8 Å². The Morgan fingerprint density at radius 3 is 2.38 bits per heavy atom. The average molecular weight is 372 g/mol. The molecule has 1 atom stereocenters. The Morgan fingerprint density at radius 2 is 1.73 bits per heavy atom. The third-order valence-corrected chi connectivity index (χ3v) is 4.90. The number of rotatable bonds is 3. The summed E-state index contributed by atoms with van der Waals surface area (Å²) in [4.78, 5) is 28.4. The van der Waals surface area contributed by atoms with Crippen molar-refractivity contribution >= 4 is 23.4 Å². The van der Waals surface area contributed by atoms with E-state index in [1.54, 1.807) is 38.4 Å². The van der Waals surface area contributed by atoms with Crippen molar-refractivity contribution in [2.75, 3.05) is 33.7 Å². The molecule has 136 valence electrons. The molecule has 0 bridgehead atoms. The van der Waals surface area contributed by atoms with Gasteiger partial charge in [0.25, 0.3) is 11.8 Å². The van der Waals surface area contributed by atoms with Crippen molar-refractivity contribution in [2.45, 2.75) is 6.04 Å². The smallest absolute Gasteiger partial charge is 0.254 e. The quantitative estimate of drug-likeness (QED) is 0.902. The Labute approximate surface area is 158 Å². The molecule has 0 radical (unpaired) electrons. The number of nitrogens with zero attached hydrogens (tertiary/aromatic N) is 2. The van der Waals surface area contributed by atoms with E-state index in [2.05, 4.69) is 5.32 Å². The van der Waals surface area contributed by atoms with Gasteiger partial charge in [0.1, 0.15) is 0 Å². The molecule has 1 N–H and O–H groups in total. The van der Waals surface area contributed by atoms with Crippen molar-refractivity contribution < 1.29 is 9.59 Å². The highest BCUT2D eigenvalue weighted by molar-refractivity contribution is 6.31. The summed E-state index contributed by atoms with van der Waals surface area (Å²) in [5.41, 5.74) is 2.07. The number of carbonyl (C=O) groups excluding carboxylic acids is 2. The van der Waals surface area contributed by atoms with Crippen LogP contribution in [-0.2, 0) is 0 Å². The molecule has 1 unspecified atom stereocenters. The lowest BCUT2D eigenvalue weighted by atomic mass is 10.0. The molecule has 2 amide bonds. The number of hydrogen-bond acceptors (Lipinski definition) is 3. The van der Waals surface area contributed by atoms with Gasteiger partial charge in [0.05, 0.1) is 6.04 Å². The zero-order valence-electron chi connectivity index (χ0n) is 14.9. The van der Waals surface area contributed by atoms with Crippen LogP contribution in [0.4, 0.5) is 0 Å². The summed E-state index contributed by atoms with van der Waals surface area (Å²) in [5.74, 6) is -0.139. The maximum Gasteiger partial charge on any atom is 0.254 e. The van der Waals surface area contributed by atoms with Crippen molar-refractivity contribution in [2.24, 2.45) is 0 Å². The van der Waals surface area contributed by atoms with E-state index in [9.17, 15) is 9.59 Å². The van der Waals surface area contributed by atoms with Gasteiger partial charge in [0.2, 0.25) is 0 Å². The van der Waals surface area contributed by atoms with E-state index < -0.39 is 0 Å². The maximum absolute atomic E-state index is 13.1. The Morgan fingerprint density at radius 1 is 1.08 bits per heavy atom. The largest absolute Gasteiger partial charge is 0.345 e. The third-order valence-electron chi connectivity index (χ3n) is 4.55. The number of amides is 2. The van der Waals surface area contributed by atoms with Crippen LogP contribution in [0.3, 0.4) is 0 Å². The minimum atomic E-state index is -0.118. The lowest BCUT2D eigenvalue weighted by Crippen LogP contribution is -2.48. The van der Waals surface area contributed by atoms with Crippen molar-refractivity contribution in [3.05, 3.63) is 70.2 Å². The standard InChI is InChI=1S/C20H22ClN3O2/c1-23(2)19(25)14-7-9-15(10-8-14)20(26)24-12-11-22-13-18(24)16-5-3-4-6-17(16)21/h3-10,18,22H,11-13H2,1-2H3. The average Bonchev–Trinajstić information content (AvgIpc) is 2.67. The second kappa shape index (κ2) is 7.89. The summed E-state index contributed by atoms with van der Waals surface area (Å²) in [6, 6.07) is 14.3. The van der Waals surface area contributed by atoms with E-state index in [1.165, 1.54) is 4.90 Å². The zero-order valence-corrected chi connectivity index (χ0v) is 15.7. The van der Waals surface area contributed by atoms with Crippen LogP contribution < -0.4 is 5.32 Å². The van der Waals surface area contributed by atoms with Crippen molar-refractivity contribution in [1.29, 1.82) is 0 Å². The molecule has 3 rings (SSSR count). The molecule has 1 aliphatic heterocycles. The van der Waals surface area contributed by atoms with Crippen LogP contribution in [0, 0.1) is 0 Å². The number of benzene rings is 2. The Balaban J connectivity index is 1.85. The third kappa shape index (κ3) is 3.74. The SMILES string of the molecule is CN(C)C(=O)c1ccc(C(=O)N2CCNCC2c2ccccc2Cl)cc1. The molecular weight excluding hydrogens is 350 g/mol. The summed E-state index contributed by atoms with van der Waals surface area (Å²) in [6.07, 6.45) is 0. The molecular formula is C20H22ClN3O2. The first kappa shape index (κ1) is 18.4. The molecule has 2 aromatic carbocycles.